The van der Waals surface area contributed by atoms with Crippen LogP contribution in [-0.4, -0.2) is 65.0 Å². The number of hydrogen-bond donors (Lipinski definition) is 2. The summed E-state index contributed by atoms with van der Waals surface area (Å²) in [4.78, 5) is 33.4. The molecule has 1 amide bonds. The molecule has 0 radical (unpaired) electrons. The van der Waals surface area contributed by atoms with Gasteiger partial charge in [0.25, 0.3) is 0 Å². The largest absolute Gasteiger partial charge is 0.468 e. The van der Waals surface area contributed by atoms with Crippen molar-refractivity contribution in [1.29, 1.82) is 0 Å². The van der Waals surface area contributed by atoms with Gasteiger partial charge in [0.05, 0.1) is 13.2 Å². The summed E-state index contributed by atoms with van der Waals surface area (Å²) in [6.07, 6.45) is 3.17. The lowest BCUT2D eigenvalue weighted by molar-refractivity contribution is -0.152. The van der Waals surface area contributed by atoms with Crippen LogP contribution in [0.4, 0.5) is 4.39 Å². The summed E-state index contributed by atoms with van der Waals surface area (Å²) >= 11 is 0. The molecule has 8 heteroatoms. The Balaban J connectivity index is 1.43. The smallest absolute Gasteiger partial charge is 0.323 e. The number of H-pyrrole nitrogens is 1. The van der Waals surface area contributed by atoms with Crippen LogP contribution in [0.3, 0.4) is 0 Å². The Morgan fingerprint density at radius 2 is 1.84 bits per heavy atom. The number of nitrogens with one attached hydrogen (secondary N) is 2. The van der Waals surface area contributed by atoms with E-state index in [-0.39, 0.29) is 41.9 Å². The first-order valence-corrected chi connectivity index (χ1v) is 13.1. The molecule has 194 valence electrons. The van der Waals surface area contributed by atoms with E-state index in [1.807, 2.05) is 24.3 Å². The van der Waals surface area contributed by atoms with Crippen LogP contribution in [0.25, 0.3) is 10.9 Å². The molecular weight excluding hydrogens is 471 g/mol. The van der Waals surface area contributed by atoms with Gasteiger partial charge in [-0.2, -0.15) is 0 Å². The van der Waals surface area contributed by atoms with Gasteiger partial charge in [-0.15, -0.1) is 0 Å². The molecule has 7 nitrogen and oxygen atoms in total. The van der Waals surface area contributed by atoms with E-state index in [1.54, 1.807) is 6.92 Å². The van der Waals surface area contributed by atoms with Crippen molar-refractivity contribution in [3.05, 3.63) is 71.2 Å². The van der Waals surface area contributed by atoms with Crippen molar-refractivity contribution < 1.29 is 18.7 Å². The molecule has 37 heavy (non-hydrogen) atoms. The van der Waals surface area contributed by atoms with Crippen LogP contribution in [0.2, 0.25) is 0 Å². The number of aromatic amines is 1. The number of likely N-dealkylation sites (tertiary alicyclic amines) is 1. The normalized spacial score (nSPS) is 28.0. The van der Waals surface area contributed by atoms with Crippen molar-refractivity contribution in [3.63, 3.8) is 0 Å². The number of rotatable bonds is 4. The standard InChI is InChI=1S/C29H33FN4O3/c1-17(35)31-20-11-12-33(16-20)21-13-25(18-7-9-19(30)10-8-18)34-26(14-21)28-23(15-27(34)29(36)37-2)22-5-3-4-6-24(22)32-28/h3-10,20-21,25-27,32H,11-16H2,1-2H3,(H,31,35)/t20-,21-,25-,26-,27-/m0/s1. The fourth-order valence-corrected chi connectivity index (χ4v) is 6.95. The first kappa shape index (κ1) is 24.1. The molecule has 1 aromatic heterocycles. The molecule has 5 atom stereocenters. The SMILES string of the molecule is COC(=O)[C@@H]1Cc2c([nH]c3ccccc23)[C@@H]2C[C@@H](N3CC[C@H](NC(C)=O)C3)C[C@@H](c3ccc(F)cc3)N12. The summed E-state index contributed by atoms with van der Waals surface area (Å²) in [6, 6.07) is 14.8. The fourth-order valence-electron chi connectivity index (χ4n) is 6.95. The van der Waals surface area contributed by atoms with Crippen molar-refractivity contribution in [1.82, 2.24) is 20.1 Å². The first-order valence-electron chi connectivity index (χ1n) is 13.1. The van der Waals surface area contributed by atoms with Gasteiger partial charge in [-0.05, 0) is 48.6 Å². The van der Waals surface area contributed by atoms with E-state index >= 15 is 0 Å². The number of piperidine rings is 1. The summed E-state index contributed by atoms with van der Waals surface area (Å²) in [5, 5.41) is 4.23. The molecular formula is C29H33FN4O3. The lowest BCUT2D eigenvalue weighted by Crippen LogP contribution is -2.56. The van der Waals surface area contributed by atoms with Gasteiger partial charge in [0.2, 0.25) is 5.91 Å². The van der Waals surface area contributed by atoms with Gasteiger partial charge in [0, 0.05) is 61.2 Å². The van der Waals surface area contributed by atoms with E-state index < -0.39 is 6.04 Å². The van der Waals surface area contributed by atoms with Gasteiger partial charge in [-0.25, -0.2) is 4.39 Å². The average molecular weight is 505 g/mol. The maximum atomic E-state index is 13.9. The third kappa shape index (κ3) is 4.32. The minimum absolute atomic E-state index is 0.00164. The zero-order valence-electron chi connectivity index (χ0n) is 21.2. The summed E-state index contributed by atoms with van der Waals surface area (Å²) in [5.74, 6) is -0.508. The predicted octanol–water partition coefficient (Wildman–Crippen LogP) is 3.86. The van der Waals surface area contributed by atoms with Gasteiger partial charge in [-0.1, -0.05) is 30.3 Å². The highest BCUT2D eigenvalue weighted by Gasteiger charge is 2.49. The predicted molar refractivity (Wildman–Crippen MR) is 138 cm³/mol. The van der Waals surface area contributed by atoms with Crippen molar-refractivity contribution in [2.75, 3.05) is 20.2 Å². The second-order valence-electron chi connectivity index (χ2n) is 10.6. The Kier molecular flexibility index (Phi) is 6.24. The Morgan fingerprint density at radius 1 is 1.08 bits per heavy atom. The number of fused-ring (bicyclic) bond motifs is 5. The molecule has 2 fully saturated rings. The topological polar surface area (TPSA) is 77.7 Å². The Bertz CT molecular complexity index is 1320. The molecule has 3 aliphatic heterocycles. The minimum Gasteiger partial charge on any atom is -0.468 e. The van der Waals surface area contributed by atoms with Crippen molar-refractivity contribution in [2.24, 2.45) is 0 Å². The Morgan fingerprint density at radius 3 is 2.59 bits per heavy atom. The summed E-state index contributed by atoms with van der Waals surface area (Å²) < 4.78 is 19.2. The van der Waals surface area contributed by atoms with Gasteiger partial charge in [-0.3, -0.25) is 19.4 Å². The quantitative estimate of drug-likeness (QED) is 0.528. The molecule has 0 saturated carbocycles. The van der Waals surface area contributed by atoms with E-state index in [1.165, 1.54) is 24.8 Å². The molecule has 2 saturated heterocycles. The molecule has 0 aliphatic carbocycles. The van der Waals surface area contributed by atoms with Crippen LogP contribution < -0.4 is 5.32 Å². The number of benzene rings is 2. The number of methoxy groups -OCH3 is 1. The number of halogens is 1. The third-order valence-electron chi connectivity index (χ3n) is 8.52. The highest BCUT2D eigenvalue weighted by Crippen LogP contribution is 2.50. The van der Waals surface area contributed by atoms with Crippen LogP contribution in [0.5, 0.6) is 0 Å². The lowest BCUT2D eigenvalue weighted by Gasteiger charge is -2.52. The number of para-hydroxylation sites is 1. The number of carbonyl (C=O) groups is 2. The molecule has 0 spiro atoms. The lowest BCUT2D eigenvalue weighted by atomic mass is 9.79. The minimum atomic E-state index is -0.427. The third-order valence-corrected chi connectivity index (χ3v) is 8.52. The first-order chi connectivity index (χ1) is 17.9. The Labute approximate surface area is 216 Å². The van der Waals surface area contributed by atoms with E-state index in [0.29, 0.717) is 6.42 Å². The second kappa shape index (κ2) is 9.58. The zero-order chi connectivity index (χ0) is 25.7. The van der Waals surface area contributed by atoms with Gasteiger partial charge < -0.3 is 15.0 Å². The van der Waals surface area contributed by atoms with Crippen molar-refractivity contribution >= 4 is 22.8 Å². The van der Waals surface area contributed by atoms with E-state index in [2.05, 4.69) is 32.2 Å². The summed E-state index contributed by atoms with van der Waals surface area (Å²) in [5.41, 5.74) is 4.42. The van der Waals surface area contributed by atoms with Crippen LogP contribution >= 0.6 is 0 Å². The Hall–Kier alpha value is -3.23. The van der Waals surface area contributed by atoms with E-state index in [0.717, 1.165) is 54.5 Å². The van der Waals surface area contributed by atoms with Gasteiger partial charge in [0.1, 0.15) is 11.9 Å². The zero-order valence-corrected chi connectivity index (χ0v) is 21.2. The number of carbonyl (C=O) groups excluding carboxylic acids is 2. The number of aromatic nitrogens is 1. The molecule has 3 aliphatic rings. The number of ether oxygens (including phenoxy) is 1. The van der Waals surface area contributed by atoms with Crippen LogP contribution in [-0.2, 0) is 20.7 Å². The molecule has 2 aromatic carbocycles. The van der Waals surface area contributed by atoms with Crippen LogP contribution in [0, 0.1) is 5.82 Å². The average Bonchev–Trinajstić information content (AvgIpc) is 3.52. The molecule has 3 aromatic rings. The molecule has 0 unspecified atom stereocenters. The van der Waals surface area contributed by atoms with Crippen LogP contribution in [0.1, 0.15) is 55.1 Å². The van der Waals surface area contributed by atoms with Crippen molar-refractivity contribution in [3.8, 4) is 0 Å². The van der Waals surface area contributed by atoms with Crippen LogP contribution in [0.15, 0.2) is 48.5 Å². The summed E-state index contributed by atoms with van der Waals surface area (Å²) in [6.45, 7) is 3.30. The van der Waals surface area contributed by atoms with Crippen molar-refractivity contribution in [2.45, 2.75) is 62.8 Å². The molecule has 0 bridgehead atoms. The fraction of sp³-hybridized carbons (Fsp3) is 0.448. The molecule has 6 rings (SSSR count). The van der Waals surface area contributed by atoms with Gasteiger partial charge in [0.15, 0.2) is 0 Å². The maximum Gasteiger partial charge on any atom is 0.323 e. The van der Waals surface area contributed by atoms with Gasteiger partial charge >= 0.3 is 5.97 Å². The highest BCUT2D eigenvalue weighted by atomic mass is 19.1. The number of hydrogen-bond acceptors (Lipinski definition) is 5. The molecule has 2 N–H and O–H groups in total. The van der Waals surface area contributed by atoms with E-state index in [9.17, 15) is 14.0 Å². The molecule has 4 heterocycles. The number of nitrogens with zero attached hydrogens (tertiary/aromatic N) is 2. The monoisotopic (exact) mass is 504 g/mol. The number of amides is 1. The number of esters is 1. The summed E-state index contributed by atoms with van der Waals surface area (Å²) in [7, 11) is 1.45. The second-order valence-corrected chi connectivity index (χ2v) is 10.6. The highest BCUT2D eigenvalue weighted by molar-refractivity contribution is 5.87. The van der Waals surface area contributed by atoms with E-state index in [4.69, 9.17) is 4.74 Å². The maximum absolute atomic E-state index is 13.9.